The van der Waals surface area contributed by atoms with Crippen LogP contribution < -0.4 is 4.74 Å². The lowest BCUT2D eigenvalue weighted by atomic mass is 9.86. The van der Waals surface area contributed by atoms with Gasteiger partial charge in [-0.25, -0.2) is 14.4 Å². The molecule has 4 rings (SSSR count). The number of hydrogen-bond donors (Lipinski definition) is 0. The normalized spacial score (nSPS) is 17.7. The number of carbonyl (C=O) groups is 4. The summed E-state index contributed by atoms with van der Waals surface area (Å²) in [4.78, 5) is 50.5. The minimum Gasteiger partial charge on any atom is -0.492 e. The van der Waals surface area contributed by atoms with Gasteiger partial charge < -0.3 is 14.2 Å². The van der Waals surface area contributed by atoms with Crippen molar-refractivity contribution in [2.45, 2.75) is 25.7 Å². The number of unbranched alkanes of at least 4 members (excludes halogenated alkanes) is 1. The summed E-state index contributed by atoms with van der Waals surface area (Å²) in [5.41, 5.74) is 0.373. The Balaban J connectivity index is 2.01. The fraction of sp³-hybridized carbons (Fsp3) is 0.238. The maximum absolute atomic E-state index is 12.8. The number of esters is 4. The molecular weight excluding hydrogens is 364 g/mol. The molecule has 0 radical (unpaired) electrons. The van der Waals surface area contributed by atoms with Crippen LogP contribution in [-0.2, 0) is 14.3 Å². The van der Waals surface area contributed by atoms with Gasteiger partial charge in [0.05, 0.1) is 17.7 Å². The van der Waals surface area contributed by atoms with Gasteiger partial charge in [0.1, 0.15) is 17.2 Å². The Morgan fingerprint density at radius 3 is 2.29 bits per heavy atom. The Morgan fingerprint density at radius 1 is 0.857 bits per heavy atom. The molecular formula is C21H16O7. The van der Waals surface area contributed by atoms with Crippen molar-refractivity contribution in [3.8, 4) is 5.75 Å². The molecule has 0 amide bonds. The summed E-state index contributed by atoms with van der Waals surface area (Å²) in [6.45, 7) is 2.30. The Labute approximate surface area is 160 Å². The zero-order valence-corrected chi connectivity index (χ0v) is 15.0. The van der Waals surface area contributed by atoms with E-state index in [1.165, 1.54) is 12.1 Å². The van der Waals surface area contributed by atoms with Gasteiger partial charge in [0.25, 0.3) is 0 Å². The molecule has 0 spiro atoms. The SMILES string of the molecule is CCCCOc1c2cccc1C1C(=O)OC(=O)c3cccc1c3C(=O)OC2=O. The molecule has 2 aliphatic rings. The van der Waals surface area contributed by atoms with Crippen molar-refractivity contribution in [1.82, 2.24) is 0 Å². The molecule has 0 saturated heterocycles. The predicted octanol–water partition coefficient (Wildman–Crippen LogP) is 3.01. The molecule has 0 aliphatic carbocycles. The lowest BCUT2D eigenvalue weighted by Crippen LogP contribution is -2.20. The molecule has 6 bridgehead atoms. The number of rotatable bonds is 4. The summed E-state index contributed by atoms with van der Waals surface area (Å²) in [5.74, 6) is -4.65. The van der Waals surface area contributed by atoms with Crippen LogP contribution in [0.3, 0.4) is 0 Å². The molecule has 2 aliphatic heterocycles. The Hall–Kier alpha value is -3.48. The molecule has 7 nitrogen and oxygen atoms in total. The van der Waals surface area contributed by atoms with E-state index in [4.69, 9.17) is 14.2 Å². The first-order valence-electron chi connectivity index (χ1n) is 8.94. The molecule has 28 heavy (non-hydrogen) atoms. The number of ether oxygens (including phenoxy) is 3. The van der Waals surface area contributed by atoms with Gasteiger partial charge >= 0.3 is 23.9 Å². The second-order valence-electron chi connectivity index (χ2n) is 6.51. The van der Waals surface area contributed by atoms with Crippen LogP contribution in [0.25, 0.3) is 0 Å². The summed E-state index contributed by atoms with van der Waals surface area (Å²) in [7, 11) is 0. The Bertz CT molecular complexity index is 1020. The van der Waals surface area contributed by atoms with Crippen LogP contribution >= 0.6 is 0 Å². The summed E-state index contributed by atoms with van der Waals surface area (Å²) in [5, 5.41) is 0. The molecule has 2 aromatic rings. The predicted molar refractivity (Wildman–Crippen MR) is 95.3 cm³/mol. The van der Waals surface area contributed by atoms with E-state index < -0.39 is 29.8 Å². The second-order valence-corrected chi connectivity index (χ2v) is 6.51. The number of benzene rings is 2. The van der Waals surface area contributed by atoms with Crippen molar-refractivity contribution in [2.75, 3.05) is 6.61 Å². The highest BCUT2D eigenvalue weighted by atomic mass is 16.6. The standard InChI is InChI=1S/C21H16O7/c1-2-3-10-26-17-12-7-5-9-14(17)19(23)28-21(25)16-11-6-4-8-13(16)18(22)27-20(24)15(11)12/h4-9,15H,2-3,10H2,1H3. The summed E-state index contributed by atoms with van der Waals surface area (Å²) < 4.78 is 15.8. The number of fused-ring (bicyclic) bond motifs is 3. The summed E-state index contributed by atoms with van der Waals surface area (Å²) in [6, 6.07) is 9.10. The molecule has 0 N–H and O–H groups in total. The van der Waals surface area contributed by atoms with Gasteiger partial charge in [0.15, 0.2) is 0 Å². The van der Waals surface area contributed by atoms with Crippen molar-refractivity contribution in [2.24, 2.45) is 0 Å². The fourth-order valence-corrected chi connectivity index (χ4v) is 3.45. The molecule has 0 fully saturated rings. The molecule has 0 saturated carbocycles. The van der Waals surface area contributed by atoms with Crippen LogP contribution in [0, 0.1) is 0 Å². The van der Waals surface area contributed by atoms with Crippen LogP contribution in [0.1, 0.15) is 67.9 Å². The first-order valence-corrected chi connectivity index (χ1v) is 8.94. The van der Waals surface area contributed by atoms with Gasteiger partial charge in [0, 0.05) is 5.56 Å². The monoisotopic (exact) mass is 380 g/mol. The number of hydrogen-bond acceptors (Lipinski definition) is 7. The van der Waals surface area contributed by atoms with Gasteiger partial charge in [-0.2, -0.15) is 0 Å². The van der Waals surface area contributed by atoms with E-state index in [0.717, 1.165) is 12.8 Å². The number of carbonyl (C=O) groups excluding carboxylic acids is 4. The second kappa shape index (κ2) is 6.92. The Morgan fingerprint density at radius 2 is 1.54 bits per heavy atom. The van der Waals surface area contributed by atoms with Crippen LogP contribution in [0.2, 0.25) is 0 Å². The minimum absolute atomic E-state index is 0.0426. The molecule has 1 atom stereocenters. The Kier molecular flexibility index (Phi) is 4.43. The summed E-state index contributed by atoms with van der Waals surface area (Å²) in [6.07, 6.45) is 1.60. The maximum atomic E-state index is 12.8. The van der Waals surface area contributed by atoms with Gasteiger partial charge in [0.2, 0.25) is 0 Å². The lowest BCUT2D eigenvalue weighted by molar-refractivity contribution is -0.138. The number of para-hydroxylation sites is 1. The molecule has 7 heteroatoms. The van der Waals surface area contributed by atoms with Gasteiger partial charge in [-0.15, -0.1) is 0 Å². The highest BCUT2D eigenvalue weighted by Crippen LogP contribution is 2.41. The summed E-state index contributed by atoms with van der Waals surface area (Å²) >= 11 is 0. The first-order chi connectivity index (χ1) is 13.5. The van der Waals surface area contributed by atoms with Crippen molar-refractivity contribution in [3.63, 3.8) is 0 Å². The zero-order valence-electron chi connectivity index (χ0n) is 15.0. The van der Waals surface area contributed by atoms with Crippen LogP contribution in [0.4, 0.5) is 0 Å². The highest BCUT2D eigenvalue weighted by molar-refractivity contribution is 6.14. The van der Waals surface area contributed by atoms with E-state index in [1.807, 2.05) is 6.92 Å². The van der Waals surface area contributed by atoms with Crippen LogP contribution in [0.5, 0.6) is 5.75 Å². The largest absolute Gasteiger partial charge is 0.492 e. The maximum Gasteiger partial charge on any atom is 0.349 e. The van der Waals surface area contributed by atoms with Crippen LogP contribution in [0.15, 0.2) is 36.4 Å². The highest BCUT2D eigenvalue weighted by Gasteiger charge is 2.41. The minimum atomic E-state index is -1.10. The average molecular weight is 380 g/mol. The third-order valence-corrected chi connectivity index (χ3v) is 4.77. The number of cyclic esters (lactones) is 4. The van der Waals surface area contributed by atoms with Crippen LogP contribution in [-0.4, -0.2) is 30.5 Å². The van der Waals surface area contributed by atoms with Crippen molar-refractivity contribution < 1.29 is 33.4 Å². The quantitative estimate of drug-likeness (QED) is 0.457. The molecule has 2 heterocycles. The van der Waals surface area contributed by atoms with E-state index in [1.54, 1.807) is 24.3 Å². The molecule has 142 valence electrons. The van der Waals surface area contributed by atoms with Crippen molar-refractivity contribution >= 4 is 23.9 Å². The van der Waals surface area contributed by atoms with E-state index in [2.05, 4.69) is 0 Å². The van der Waals surface area contributed by atoms with Gasteiger partial charge in [-0.3, -0.25) is 4.79 Å². The topological polar surface area (TPSA) is 96.0 Å². The fourth-order valence-electron chi connectivity index (χ4n) is 3.45. The molecule has 1 unspecified atom stereocenters. The van der Waals surface area contributed by atoms with E-state index in [-0.39, 0.29) is 28.0 Å². The zero-order chi connectivity index (χ0) is 19.8. The average Bonchev–Trinajstić information content (AvgIpc) is 2.72. The third-order valence-electron chi connectivity index (χ3n) is 4.77. The smallest absolute Gasteiger partial charge is 0.349 e. The lowest BCUT2D eigenvalue weighted by Gasteiger charge is -2.19. The van der Waals surface area contributed by atoms with E-state index in [9.17, 15) is 19.2 Å². The van der Waals surface area contributed by atoms with E-state index in [0.29, 0.717) is 12.2 Å². The van der Waals surface area contributed by atoms with Gasteiger partial charge in [-0.05, 0) is 24.1 Å². The third kappa shape index (κ3) is 2.76. The van der Waals surface area contributed by atoms with Crippen molar-refractivity contribution in [1.29, 1.82) is 0 Å². The van der Waals surface area contributed by atoms with Crippen molar-refractivity contribution in [3.05, 3.63) is 64.2 Å². The molecule has 0 aromatic heterocycles. The van der Waals surface area contributed by atoms with E-state index >= 15 is 0 Å². The molecule has 2 aromatic carbocycles. The first kappa shape index (κ1) is 17.9. The van der Waals surface area contributed by atoms with Gasteiger partial charge in [-0.1, -0.05) is 37.6 Å².